The summed E-state index contributed by atoms with van der Waals surface area (Å²) in [5.74, 6) is 0.524. The van der Waals surface area contributed by atoms with Gasteiger partial charge in [-0.15, -0.1) is 0 Å². The summed E-state index contributed by atoms with van der Waals surface area (Å²) in [7, 11) is 1.54. The van der Waals surface area contributed by atoms with Gasteiger partial charge in [-0.05, 0) is 42.5 Å². The fourth-order valence-electron chi connectivity index (χ4n) is 2.57. The van der Waals surface area contributed by atoms with Gasteiger partial charge in [-0.3, -0.25) is 4.79 Å². The molecule has 3 amide bonds. The van der Waals surface area contributed by atoms with Crippen molar-refractivity contribution in [3.8, 4) is 5.75 Å². The van der Waals surface area contributed by atoms with Crippen LogP contribution in [0.2, 0.25) is 0 Å². The molecule has 0 radical (unpaired) electrons. The van der Waals surface area contributed by atoms with Gasteiger partial charge in [0, 0.05) is 29.5 Å². The lowest BCUT2D eigenvalue weighted by Crippen LogP contribution is -2.24. The number of benzene rings is 3. The molecule has 0 aliphatic rings. The lowest BCUT2D eigenvalue weighted by molar-refractivity contribution is 0.102. The summed E-state index contributed by atoms with van der Waals surface area (Å²) in [6.07, 6.45) is 0. The molecule has 3 rings (SSSR count). The number of urea groups is 1. The van der Waals surface area contributed by atoms with E-state index in [1.807, 2.05) is 48.5 Å². The normalized spacial score (nSPS) is 10.0. The Morgan fingerprint density at radius 3 is 2.07 bits per heavy atom. The Bertz CT molecular complexity index is 941. The van der Waals surface area contributed by atoms with Crippen molar-refractivity contribution < 1.29 is 14.3 Å². The molecular formula is C22H21N3O3. The number of carbonyl (C=O) groups is 2. The summed E-state index contributed by atoms with van der Waals surface area (Å²) < 4.78 is 5.77. The quantitative estimate of drug-likeness (QED) is 0.602. The Labute approximate surface area is 163 Å². The Kier molecular flexibility index (Phi) is 6.25. The van der Waals surface area contributed by atoms with Crippen molar-refractivity contribution in [3.63, 3.8) is 0 Å². The summed E-state index contributed by atoms with van der Waals surface area (Å²) in [6.45, 7) is 0.294. The van der Waals surface area contributed by atoms with Crippen LogP contribution in [-0.2, 0) is 6.61 Å². The molecule has 0 aliphatic carbocycles. The highest BCUT2D eigenvalue weighted by molar-refractivity contribution is 6.05. The second-order valence-corrected chi connectivity index (χ2v) is 5.99. The molecule has 6 nitrogen and oxygen atoms in total. The van der Waals surface area contributed by atoms with E-state index in [0.717, 1.165) is 11.3 Å². The SMILES string of the molecule is CNC(=O)Nc1ccc(NC(=O)c2ccccc2COc2ccccc2)cc1. The number of hydrogen-bond acceptors (Lipinski definition) is 3. The second-order valence-electron chi connectivity index (χ2n) is 5.99. The fraction of sp³-hybridized carbons (Fsp3) is 0.0909. The molecular weight excluding hydrogens is 354 g/mol. The average molecular weight is 375 g/mol. The predicted octanol–water partition coefficient (Wildman–Crippen LogP) is 4.27. The van der Waals surface area contributed by atoms with Crippen LogP contribution in [0.4, 0.5) is 16.2 Å². The molecule has 0 aromatic heterocycles. The van der Waals surface area contributed by atoms with E-state index in [9.17, 15) is 9.59 Å². The van der Waals surface area contributed by atoms with Gasteiger partial charge in [0.15, 0.2) is 0 Å². The van der Waals surface area contributed by atoms with Gasteiger partial charge in [-0.25, -0.2) is 4.79 Å². The van der Waals surface area contributed by atoms with E-state index in [0.29, 0.717) is 23.5 Å². The van der Waals surface area contributed by atoms with Crippen molar-refractivity contribution in [1.29, 1.82) is 0 Å². The maximum absolute atomic E-state index is 12.7. The Morgan fingerprint density at radius 2 is 1.39 bits per heavy atom. The number of nitrogens with one attached hydrogen (secondary N) is 3. The van der Waals surface area contributed by atoms with E-state index < -0.39 is 0 Å². The maximum Gasteiger partial charge on any atom is 0.318 e. The monoisotopic (exact) mass is 375 g/mol. The number of anilines is 2. The first-order chi connectivity index (χ1) is 13.7. The van der Waals surface area contributed by atoms with Gasteiger partial charge in [-0.1, -0.05) is 36.4 Å². The van der Waals surface area contributed by atoms with Crippen LogP contribution < -0.4 is 20.7 Å². The number of carbonyl (C=O) groups excluding carboxylic acids is 2. The fourth-order valence-corrected chi connectivity index (χ4v) is 2.57. The molecule has 3 N–H and O–H groups in total. The highest BCUT2D eigenvalue weighted by atomic mass is 16.5. The van der Waals surface area contributed by atoms with Crippen molar-refractivity contribution in [2.24, 2.45) is 0 Å². The molecule has 3 aromatic rings. The Hall–Kier alpha value is -3.80. The lowest BCUT2D eigenvalue weighted by atomic mass is 10.1. The van der Waals surface area contributed by atoms with Gasteiger partial charge in [0.25, 0.3) is 5.91 Å². The number of ether oxygens (including phenoxy) is 1. The first-order valence-corrected chi connectivity index (χ1v) is 8.81. The van der Waals surface area contributed by atoms with Crippen molar-refractivity contribution >= 4 is 23.3 Å². The summed E-state index contributed by atoms with van der Waals surface area (Å²) in [5.41, 5.74) is 2.60. The topological polar surface area (TPSA) is 79.5 Å². The van der Waals surface area contributed by atoms with Gasteiger partial charge in [-0.2, -0.15) is 0 Å². The molecule has 28 heavy (non-hydrogen) atoms. The van der Waals surface area contributed by atoms with Gasteiger partial charge in [0.05, 0.1) is 0 Å². The van der Waals surface area contributed by atoms with Gasteiger partial charge in [0.1, 0.15) is 12.4 Å². The highest BCUT2D eigenvalue weighted by Gasteiger charge is 2.12. The Balaban J connectivity index is 1.66. The molecule has 0 unspecified atom stereocenters. The van der Waals surface area contributed by atoms with E-state index in [1.165, 1.54) is 0 Å². The minimum Gasteiger partial charge on any atom is -0.489 e. The van der Waals surface area contributed by atoms with Gasteiger partial charge in [0.2, 0.25) is 0 Å². The van der Waals surface area contributed by atoms with Crippen molar-refractivity contribution in [2.75, 3.05) is 17.7 Å². The third-order valence-electron chi connectivity index (χ3n) is 4.03. The standard InChI is InChI=1S/C22H21N3O3/c1-23-22(27)25-18-13-11-17(12-14-18)24-21(26)20-10-6-5-7-16(20)15-28-19-8-3-2-4-9-19/h2-14H,15H2,1H3,(H,24,26)(H2,23,25,27). The van der Waals surface area contributed by atoms with Crippen LogP contribution in [0.5, 0.6) is 5.75 Å². The molecule has 6 heteroatoms. The van der Waals surface area contributed by atoms with Crippen LogP contribution >= 0.6 is 0 Å². The number of hydrogen-bond donors (Lipinski definition) is 3. The lowest BCUT2D eigenvalue weighted by Gasteiger charge is -2.12. The second kappa shape index (κ2) is 9.23. The molecule has 0 saturated carbocycles. The van der Waals surface area contributed by atoms with E-state index in [4.69, 9.17) is 4.74 Å². The van der Waals surface area contributed by atoms with E-state index in [2.05, 4.69) is 16.0 Å². The highest BCUT2D eigenvalue weighted by Crippen LogP contribution is 2.18. The number of amides is 3. The maximum atomic E-state index is 12.7. The number of para-hydroxylation sites is 1. The largest absolute Gasteiger partial charge is 0.489 e. The minimum absolute atomic E-state index is 0.223. The van der Waals surface area contributed by atoms with Crippen LogP contribution in [0.25, 0.3) is 0 Å². The van der Waals surface area contributed by atoms with E-state index >= 15 is 0 Å². The molecule has 0 atom stereocenters. The van der Waals surface area contributed by atoms with Crippen LogP contribution in [0.15, 0.2) is 78.9 Å². The zero-order chi connectivity index (χ0) is 19.8. The molecule has 0 bridgehead atoms. The van der Waals surface area contributed by atoms with Crippen molar-refractivity contribution in [2.45, 2.75) is 6.61 Å². The van der Waals surface area contributed by atoms with Crippen LogP contribution in [-0.4, -0.2) is 19.0 Å². The molecule has 0 aliphatic heterocycles. The van der Waals surface area contributed by atoms with Crippen LogP contribution in [0, 0.1) is 0 Å². The van der Waals surface area contributed by atoms with Gasteiger partial charge < -0.3 is 20.7 Å². The Morgan fingerprint density at radius 1 is 0.786 bits per heavy atom. The van der Waals surface area contributed by atoms with Crippen LogP contribution in [0.1, 0.15) is 15.9 Å². The average Bonchev–Trinajstić information content (AvgIpc) is 2.74. The predicted molar refractivity (Wildman–Crippen MR) is 110 cm³/mol. The third kappa shape index (κ3) is 5.11. The first-order valence-electron chi connectivity index (χ1n) is 8.81. The first kappa shape index (κ1) is 19.0. The molecule has 0 heterocycles. The zero-order valence-electron chi connectivity index (χ0n) is 15.4. The minimum atomic E-state index is -0.302. The summed E-state index contributed by atoms with van der Waals surface area (Å²) in [5, 5.41) is 8.01. The third-order valence-corrected chi connectivity index (χ3v) is 4.03. The van der Waals surface area contributed by atoms with E-state index in [-0.39, 0.29) is 11.9 Å². The van der Waals surface area contributed by atoms with Crippen molar-refractivity contribution in [3.05, 3.63) is 90.0 Å². The summed E-state index contributed by atoms with van der Waals surface area (Å²) in [6, 6.07) is 23.4. The summed E-state index contributed by atoms with van der Waals surface area (Å²) in [4.78, 5) is 24.0. The van der Waals surface area contributed by atoms with E-state index in [1.54, 1.807) is 37.4 Å². The zero-order valence-corrected chi connectivity index (χ0v) is 15.4. The molecule has 0 fully saturated rings. The number of rotatable bonds is 6. The summed E-state index contributed by atoms with van der Waals surface area (Å²) >= 11 is 0. The smallest absolute Gasteiger partial charge is 0.318 e. The molecule has 142 valence electrons. The molecule has 0 saturated heterocycles. The molecule has 3 aromatic carbocycles. The van der Waals surface area contributed by atoms with Gasteiger partial charge >= 0.3 is 6.03 Å². The molecule has 0 spiro atoms. The van der Waals surface area contributed by atoms with Crippen LogP contribution in [0.3, 0.4) is 0 Å². The van der Waals surface area contributed by atoms with Crippen molar-refractivity contribution in [1.82, 2.24) is 5.32 Å².